The van der Waals surface area contributed by atoms with Gasteiger partial charge in [-0.1, -0.05) is 0 Å². The van der Waals surface area contributed by atoms with Gasteiger partial charge < -0.3 is 25.6 Å². The summed E-state index contributed by atoms with van der Waals surface area (Å²) in [6.45, 7) is 1.83. The van der Waals surface area contributed by atoms with E-state index in [9.17, 15) is 14.7 Å². The lowest BCUT2D eigenvalue weighted by Gasteiger charge is -2.34. The largest absolute Gasteiger partial charge is 0.390 e. The summed E-state index contributed by atoms with van der Waals surface area (Å²) in [5.74, 6) is 0.858. The number of nitrogens with one attached hydrogen (secondary N) is 3. The molecule has 33 heavy (non-hydrogen) atoms. The van der Waals surface area contributed by atoms with Gasteiger partial charge >= 0.3 is 0 Å². The van der Waals surface area contributed by atoms with E-state index in [0.29, 0.717) is 35.0 Å². The second-order valence-electron chi connectivity index (χ2n) is 9.32. The van der Waals surface area contributed by atoms with Crippen LogP contribution in [0.3, 0.4) is 0 Å². The van der Waals surface area contributed by atoms with Gasteiger partial charge in [0.2, 0.25) is 0 Å². The van der Waals surface area contributed by atoms with Gasteiger partial charge in [-0.3, -0.25) is 9.59 Å². The lowest BCUT2D eigenvalue weighted by atomic mass is 9.83. The molecule has 1 amide bonds. The first kappa shape index (κ1) is 21.4. The summed E-state index contributed by atoms with van der Waals surface area (Å²) in [6, 6.07) is 5.43. The van der Waals surface area contributed by atoms with E-state index in [1.807, 2.05) is 13.0 Å². The minimum Gasteiger partial charge on any atom is -0.390 e. The summed E-state index contributed by atoms with van der Waals surface area (Å²) in [6.07, 6.45) is 8.27. The highest BCUT2D eigenvalue weighted by Gasteiger charge is 2.31. The Morgan fingerprint density at radius 3 is 2.85 bits per heavy atom. The van der Waals surface area contributed by atoms with Crippen molar-refractivity contribution in [1.82, 2.24) is 24.5 Å². The van der Waals surface area contributed by atoms with Crippen LogP contribution in [0.5, 0.6) is 0 Å². The molecular formula is C23H29N7O3. The number of hydrogen-bond acceptors (Lipinski definition) is 7. The molecule has 174 valence electrons. The summed E-state index contributed by atoms with van der Waals surface area (Å²) in [5.41, 5.74) is 0.233. The predicted octanol–water partition coefficient (Wildman–Crippen LogP) is 2.43. The molecule has 2 atom stereocenters. The maximum Gasteiger partial charge on any atom is 0.274 e. The lowest BCUT2D eigenvalue weighted by Crippen LogP contribution is -2.36. The third kappa shape index (κ3) is 4.30. The lowest BCUT2D eigenvalue weighted by molar-refractivity contribution is 0.00334. The van der Waals surface area contributed by atoms with E-state index < -0.39 is 5.60 Å². The number of hydrogen-bond donors (Lipinski definition) is 4. The van der Waals surface area contributed by atoms with Crippen LogP contribution in [0.25, 0.3) is 5.65 Å². The number of amides is 1. The van der Waals surface area contributed by atoms with Crippen molar-refractivity contribution >= 4 is 28.9 Å². The third-order valence-corrected chi connectivity index (χ3v) is 6.44. The molecule has 0 spiro atoms. The Kier molecular flexibility index (Phi) is 5.32. The van der Waals surface area contributed by atoms with Crippen LogP contribution in [0.15, 0.2) is 35.4 Å². The predicted molar refractivity (Wildman–Crippen MR) is 125 cm³/mol. The van der Waals surface area contributed by atoms with Crippen molar-refractivity contribution in [3.05, 3.63) is 46.5 Å². The van der Waals surface area contributed by atoms with E-state index in [4.69, 9.17) is 0 Å². The summed E-state index contributed by atoms with van der Waals surface area (Å²) < 4.78 is 3.27. The van der Waals surface area contributed by atoms with Crippen molar-refractivity contribution < 1.29 is 9.90 Å². The normalized spacial score (nSPS) is 22.8. The van der Waals surface area contributed by atoms with Gasteiger partial charge in [0.05, 0.1) is 11.8 Å². The highest BCUT2D eigenvalue weighted by molar-refractivity contribution is 6.00. The SMILES string of the molecule is CNc1cc(Nc2cccn([C@@H]3CCC[C@](C)(O)C3)c2=O)nc2c(C(=O)NC3CC3)cnn12. The molecule has 2 aliphatic carbocycles. The number of pyridine rings is 1. The molecule has 5 rings (SSSR count). The molecule has 0 radical (unpaired) electrons. The number of aromatic nitrogens is 4. The molecule has 3 aromatic heterocycles. The minimum absolute atomic E-state index is 0.0566. The molecule has 2 aliphatic rings. The standard InChI is InChI=1S/C23H29N7O3/c1-23(33)9-3-5-15(12-23)29-10-4-6-17(22(29)32)27-18-11-19(24-2)30-20(28-18)16(13-25-30)21(31)26-14-7-8-14/h4,6,10-11,13-15,24,33H,3,5,7-9,12H2,1-2H3,(H,26,31)(H,27,28)/t15-,23+/m1/s1. The zero-order chi connectivity index (χ0) is 23.2. The second-order valence-corrected chi connectivity index (χ2v) is 9.32. The Morgan fingerprint density at radius 2 is 2.12 bits per heavy atom. The highest BCUT2D eigenvalue weighted by atomic mass is 16.3. The third-order valence-electron chi connectivity index (χ3n) is 6.44. The van der Waals surface area contributed by atoms with E-state index in [2.05, 4.69) is 26.0 Å². The van der Waals surface area contributed by atoms with Crippen LogP contribution in [0.2, 0.25) is 0 Å². The average Bonchev–Trinajstić information content (AvgIpc) is 3.49. The monoisotopic (exact) mass is 451 g/mol. The van der Waals surface area contributed by atoms with Crippen molar-refractivity contribution in [2.24, 2.45) is 0 Å². The first-order valence-electron chi connectivity index (χ1n) is 11.4. The fourth-order valence-electron chi connectivity index (χ4n) is 4.55. The van der Waals surface area contributed by atoms with Crippen LogP contribution in [-0.4, -0.2) is 48.9 Å². The summed E-state index contributed by atoms with van der Waals surface area (Å²) in [5, 5.41) is 23.9. The number of nitrogens with zero attached hydrogens (tertiary/aromatic N) is 4. The van der Waals surface area contributed by atoms with Gasteiger partial charge in [0, 0.05) is 31.4 Å². The van der Waals surface area contributed by atoms with Gasteiger partial charge in [-0.2, -0.15) is 9.61 Å². The molecule has 3 heterocycles. The number of aliphatic hydroxyl groups is 1. The number of fused-ring (bicyclic) bond motifs is 1. The average molecular weight is 452 g/mol. The molecule has 0 saturated heterocycles. The van der Waals surface area contributed by atoms with Crippen molar-refractivity contribution in [3.8, 4) is 0 Å². The molecule has 10 heteroatoms. The molecule has 10 nitrogen and oxygen atoms in total. The number of carbonyl (C=O) groups is 1. The van der Waals surface area contributed by atoms with Crippen LogP contribution in [-0.2, 0) is 0 Å². The van der Waals surface area contributed by atoms with Gasteiger partial charge in [0.25, 0.3) is 11.5 Å². The summed E-state index contributed by atoms with van der Waals surface area (Å²) >= 11 is 0. The van der Waals surface area contributed by atoms with Crippen LogP contribution >= 0.6 is 0 Å². The molecule has 2 saturated carbocycles. The van der Waals surface area contributed by atoms with Crippen molar-refractivity contribution in [2.45, 2.75) is 63.1 Å². The Bertz CT molecular complexity index is 1260. The molecule has 0 bridgehead atoms. The number of rotatable bonds is 6. The van der Waals surface area contributed by atoms with E-state index in [1.165, 1.54) is 6.20 Å². The van der Waals surface area contributed by atoms with Gasteiger partial charge in [0.15, 0.2) is 5.65 Å². The highest BCUT2D eigenvalue weighted by Crippen LogP contribution is 2.34. The van der Waals surface area contributed by atoms with E-state index in [-0.39, 0.29) is 23.6 Å². The molecule has 0 aliphatic heterocycles. The zero-order valence-electron chi connectivity index (χ0n) is 18.8. The van der Waals surface area contributed by atoms with Crippen LogP contribution in [0, 0.1) is 0 Å². The maximum atomic E-state index is 13.2. The summed E-state index contributed by atoms with van der Waals surface area (Å²) in [4.78, 5) is 30.5. The van der Waals surface area contributed by atoms with Crippen molar-refractivity contribution in [2.75, 3.05) is 17.7 Å². The quantitative estimate of drug-likeness (QED) is 0.453. The molecule has 4 N–H and O–H groups in total. The molecule has 0 aromatic carbocycles. The van der Waals surface area contributed by atoms with Crippen LogP contribution in [0.1, 0.15) is 61.8 Å². The van der Waals surface area contributed by atoms with Gasteiger partial charge in [-0.05, 0) is 57.6 Å². The van der Waals surface area contributed by atoms with Gasteiger partial charge in [0.1, 0.15) is 22.9 Å². The van der Waals surface area contributed by atoms with Crippen LogP contribution < -0.4 is 21.5 Å². The Labute approximate surface area is 191 Å². The molecule has 2 fully saturated rings. The first-order valence-corrected chi connectivity index (χ1v) is 11.4. The zero-order valence-corrected chi connectivity index (χ0v) is 18.8. The summed E-state index contributed by atoms with van der Waals surface area (Å²) in [7, 11) is 1.76. The Hall–Kier alpha value is -3.40. The fourth-order valence-corrected chi connectivity index (χ4v) is 4.55. The number of anilines is 3. The van der Waals surface area contributed by atoms with E-state index >= 15 is 0 Å². The minimum atomic E-state index is -0.764. The first-order chi connectivity index (χ1) is 15.8. The maximum absolute atomic E-state index is 13.2. The van der Waals surface area contributed by atoms with Gasteiger partial charge in [-0.25, -0.2) is 4.98 Å². The fraction of sp³-hybridized carbons (Fsp3) is 0.478. The van der Waals surface area contributed by atoms with E-state index in [0.717, 1.165) is 32.1 Å². The Balaban J connectivity index is 1.47. The number of carbonyl (C=O) groups excluding carboxylic acids is 1. The van der Waals surface area contributed by atoms with E-state index in [1.54, 1.807) is 34.5 Å². The van der Waals surface area contributed by atoms with Crippen LogP contribution in [0.4, 0.5) is 17.3 Å². The van der Waals surface area contributed by atoms with Gasteiger partial charge in [-0.15, -0.1) is 0 Å². The van der Waals surface area contributed by atoms with Crippen molar-refractivity contribution in [1.29, 1.82) is 0 Å². The molecule has 0 unspecified atom stereocenters. The topological polar surface area (TPSA) is 126 Å². The molecular weight excluding hydrogens is 422 g/mol. The van der Waals surface area contributed by atoms with Crippen molar-refractivity contribution in [3.63, 3.8) is 0 Å². The Morgan fingerprint density at radius 1 is 1.30 bits per heavy atom. The smallest absolute Gasteiger partial charge is 0.274 e. The second kappa shape index (κ2) is 8.18. The molecule has 3 aromatic rings.